The zero-order chi connectivity index (χ0) is 16.3. The smallest absolute Gasteiger partial charge is 0.244 e. The van der Waals surface area contributed by atoms with Gasteiger partial charge in [-0.15, -0.1) is 0 Å². The van der Waals surface area contributed by atoms with Gasteiger partial charge in [0.25, 0.3) is 0 Å². The summed E-state index contributed by atoms with van der Waals surface area (Å²) in [6, 6.07) is 9.16. The SMILES string of the molecule is O=C(/C=C/c1ccccc1)NC1CS(=O)(=O)CC1N1CCCC1. The minimum atomic E-state index is -3.08. The van der Waals surface area contributed by atoms with Crippen LogP contribution in [0.25, 0.3) is 6.08 Å². The lowest BCUT2D eigenvalue weighted by Crippen LogP contribution is -2.49. The second kappa shape index (κ2) is 6.84. The molecule has 2 atom stereocenters. The van der Waals surface area contributed by atoms with E-state index in [1.807, 2.05) is 30.3 Å². The average molecular weight is 334 g/mol. The molecule has 2 fully saturated rings. The fraction of sp³-hybridized carbons (Fsp3) is 0.471. The Hall–Kier alpha value is -1.66. The molecule has 1 N–H and O–H groups in total. The van der Waals surface area contributed by atoms with Crippen LogP contribution in [-0.2, 0) is 14.6 Å². The highest BCUT2D eigenvalue weighted by Crippen LogP contribution is 2.22. The van der Waals surface area contributed by atoms with E-state index in [9.17, 15) is 13.2 Å². The summed E-state index contributed by atoms with van der Waals surface area (Å²) in [5.74, 6) is -0.0421. The molecule has 0 spiro atoms. The van der Waals surface area contributed by atoms with Crippen molar-refractivity contribution in [2.45, 2.75) is 24.9 Å². The molecule has 124 valence electrons. The first-order valence-electron chi connectivity index (χ1n) is 8.02. The zero-order valence-corrected chi connectivity index (χ0v) is 13.8. The van der Waals surface area contributed by atoms with Gasteiger partial charge >= 0.3 is 0 Å². The molecule has 23 heavy (non-hydrogen) atoms. The van der Waals surface area contributed by atoms with Crippen molar-refractivity contribution in [3.8, 4) is 0 Å². The largest absolute Gasteiger partial charge is 0.347 e. The number of rotatable bonds is 4. The van der Waals surface area contributed by atoms with Crippen LogP contribution in [0, 0.1) is 0 Å². The van der Waals surface area contributed by atoms with Crippen LogP contribution in [0.1, 0.15) is 18.4 Å². The number of hydrogen-bond acceptors (Lipinski definition) is 4. The minimum Gasteiger partial charge on any atom is -0.347 e. The molecule has 2 aliphatic rings. The van der Waals surface area contributed by atoms with Gasteiger partial charge in [0.2, 0.25) is 5.91 Å². The Kier molecular flexibility index (Phi) is 4.82. The van der Waals surface area contributed by atoms with E-state index in [1.165, 1.54) is 6.08 Å². The molecule has 2 unspecified atom stereocenters. The van der Waals surface area contributed by atoms with Crippen molar-refractivity contribution in [2.75, 3.05) is 24.6 Å². The average Bonchev–Trinajstić information content (AvgIpc) is 3.14. The third-order valence-electron chi connectivity index (χ3n) is 4.49. The number of hydrogen-bond donors (Lipinski definition) is 1. The first kappa shape index (κ1) is 16.2. The van der Waals surface area contributed by atoms with Crippen molar-refractivity contribution in [3.63, 3.8) is 0 Å². The Labute approximate surface area is 137 Å². The molecule has 1 amide bonds. The van der Waals surface area contributed by atoms with Crippen molar-refractivity contribution >= 4 is 21.8 Å². The zero-order valence-electron chi connectivity index (χ0n) is 13.0. The summed E-state index contributed by atoms with van der Waals surface area (Å²) < 4.78 is 23.9. The maximum atomic E-state index is 12.1. The number of benzene rings is 1. The van der Waals surface area contributed by atoms with Crippen LogP contribution in [-0.4, -0.2) is 55.9 Å². The molecule has 5 nitrogen and oxygen atoms in total. The summed E-state index contributed by atoms with van der Waals surface area (Å²) in [4.78, 5) is 14.3. The molecular weight excluding hydrogens is 312 g/mol. The molecule has 1 aromatic rings. The molecule has 3 rings (SSSR count). The number of likely N-dealkylation sites (tertiary alicyclic amines) is 1. The Balaban J connectivity index is 1.65. The number of carbonyl (C=O) groups is 1. The van der Waals surface area contributed by atoms with Crippen LogP contribution in [0.3, 0.4) is 0 Å². The van der Waals surface area contributed by atoms with E-state index in [0.29, 0.717) is 0 Å². The van der Waals surface area contributed by atoms with Gasteiger partial charge in [-0.2, -0.15) is 0 Å². The number of nitrogens with zero attached hydrogens (tertiary/aromatic N) is 1. The lowest BCUT2D eigenvalue weighted by atomic mass is 10.1. The summed E-state index contributed by atoms with van der Waals surface area (Å²) >= 11 is 0. The van der Waals surface area contributed by atoms with Gasteiger partial charge in [0.1, 0.15) is 0 Å². The summed E-state index contributed by atoms with van der Waals surface area (Å²) in [7, 11) is -3.08. The molecular formula is C17H22N2O3S. The molecule has 2 aliphatic heterocycles. The van der Waals surface area contributed by atoms with E-state index in [2.05, 4.69) is 10.2 Å². The number of sulfone groups is 1. The van der Waals surface area contributed by atoms with Crippen LogP contribution in [0.2, 0.25) is 0 Å². The van der Waals surface area contributed by atoms with Gasteiger partial charge in [0.05, 0.1) is 17.5 Å². The lowest BCUT2D eigenvalue weighted by Gasteiger charge is -2.28. The van der Waals surface area contributed by atoms with Crippen molar-refractivity contribution in [1.29, 1.82) is 0 Å². The number of amides is 1. The van der Waals surface area contributed by atoms with E-state index in [1.54, 1.807) is 6.08 Å². The van der Waals surface area contributed by atoms with E-state index in [4.69, 9.17) is 0 Å². The van der Waals surface area contributed by atoms with E-state index < -0.39 is 9.84 Å². The second-order valence-electron chi connectivity index (χ2n) is 6.25. The molecule has 0 aromatic heterocycles. The van der Waals surface area contributed by atoms with Crippen molar-refractivity contribution in [1.82, 2.24) is 10.2 Å². The third kappa shape index (κ3) is 4.20. The Bertz CT molecular complexity index is 679. The molecule has 0 aliphatic carbocycles. The predicted molar refractivity (Wildman–Crippen MR) is 90.7 cm³/mol. The van der Waals surface area contributed by atoms with Crippen molar-refractivity contribution < 1.29 is 13.2 Å². The summed E-state index contributed by atoms with van der Waals surface area (Å²) in [6.07, 6.45) is 5.42. The van der Waals surface area contributed by atoms with Crippen molar-refractivity contribution in [2.24, 2.45) is 0 Å². The van der Waals surface area contributed by atoms with Gasteiger partial charge < -0.3 is 5.32 Å². The van der Waals surface area contributed by atoms with E-state index in [-0.39, 0.29) is 29.5 Å². The fourth-order valence-corrected chi connectivity index (χ4v) is 5.32. The topological polar surface area (TPSA) is 66.5 Å². The molecule has 2 saturated heterocycles. The second-order valence-corrected chi connectivity index (χ2v) is 8.40. The fourth-order valence-electron chi connectivity index (χ4n) is 3.37. The van der Waals surface area contributed by atoms with Crippen LogP contribution in [0.4, 0.5) is 0 Å². The third-order valence-corrected chi connectivity index (χ3v) is 6.20. The molecule has 6 heteroatoms. The quantitative estimate of drug-likeness (QED) is 0.837. The van der Waals surface area contributed by atoms with Gasteiger partial charge in [-0.25, -0.2) is 8.42 Å². The summed E-state index contributed by atoms with van der Waals surface area (Å²) in [6.45, 7) is 1.85. The van der Waals surface area contributed by atoms with Crippen LogP contribution < -0.4 is 5.32 Å². The minimum absolute atomic E-state index is 0.0408. The normalized spacial score (nSPS) is 27.5. The molecule has 1 aromatic carbocycles. The van der Waals surface area contributed by atoms with E-state index >= 15 is 0 Å². The first-order valence-corrected chi connectivity index (χ1v) is 9.84. The lowest BCUT2D eigenvalue weighted by molar-refractivity contribution is -0.117. The van der Waals surface area contributed by atoms with Crippen LogP contribution in [0.15, 0.2) is 36.4 Å². The van der Waals surface area contributed by atoms with Gasteiger partial charge in [0, 0.05) is 12.1 Å². The Morgan fingerprint density at radius 2 is 1.83 bits per heavy atom. The summed E-state index contributed by atoms with van der Waals surface area (Å²) in [5.41, 5.74) is 0.942. The predicted octanol–water partition coefficient (Wildman–Crippen LogP) is 1.08. The highest BCUT2D eigenvalue weighted by Gasteiger charge is 2.42. The first-order chi connectivity index (χ1) is 11.0. The Morgan fingerprint density at radius 3 is 2.52 bits per heavy atom. The Morgan fingerprint density at radius 1 is 1.13 bits per heavy atom. The monoisotopic (exact) mass is 334 g/mol. The maximum Gasteiger partial charge on any atom is 0.244 e. The van der Waals surface area contributed by atoms with Crippen LogP contribution in [0.5, 0.6) is 0 Å². The highest BCUT2D eigenvalue weighted by molar-refractivity contribution is 7.91. The van der Waals surface area contributed by atoms with Gasteiger partial charge in [-0.05, 0) is 37.6 Å². The van der Waals surface area contributed by atoms with Gasteiger partial charge in [0.15, 0.2) is 9.84 Å². The van der Waals surface area contributed by atoms with Crippen molar-refractivity contribution in [3.05, 3.63) is 42.0 Å². The molecule has 0 radical (unpaired) electrons. The maximum absolute atomic E-state index is 12.1. The molecule has 0 bridgehead atoms. The number of nitrogens with one attached hydrogen (secondary N) is 1. The molecule has 2 heterocycles. The summed E-state index contributed by atoms with van der Waals surface area (Å²) in [5, 5.41) is 2.89. The standard InChI is InChI=1S/C17H22N2O3S/c20-17(9-8-14-6-2-1-3-7-14)18-15-12-23(21,22)13-16(15)19-10-4-5-11-19/h1-3,6-9,15-16H,4-5,10-13H2,(H,18,20)/b9-8+. The van der Waals surface area contributed by atoms with Gasteiger partial charge in [-0.1, -0.05) is 30.3 Å². The van der Waals surface area contributed by atoms with Crippen LogP contribution >= 0.6 is 0 Å². The number of carbonyl (C=O) groups excluding carboxylic acids is 1. The molecule has 0 saturated carbocycles. The van der Waals surface area contributed by atoms with E-state index in [0.717, 1.165) is 31.5 Å². The van der Waals surface area contributed by atoms with Gasteiger partial charge in [-0.3, -0.25) is 9.69 Å². The highest BCUT2D eigenvalue weighted by atomic mass is 32.2.